The third-order valence-corrected chi connectivity index (χ3v) is 5.41. The van der Waals surface area contributed by atoms with E-state index < -0.39 is 10.0 Å². The molecule has 21 heavy (non-hydrogen) atoms. The summed E-state index contributed by atoms with van der Waals surface area (Å²) in [6.45, 7) is 3.87. The summed E-state index contributed by atoms with van der Waals surface area (Å²) in [7, 11) is -3.58. The van der Waals surface area contributed by atoms with E-state index in [9.17, 15) is 8.42 Å². The first-order valence-electron chi connectivity index (χ1n) is 6.23. The van der Waals surface area contributed by atoms with Crippen molar-refractivity contribution in [1.29, 1.82) is 0 Å². The molecule has 0 bridgehead atoms. The van der Waals surface area contributed by atoms with Crippen LogP contribution in [0, 0.1) is 25.7 Å². The van der Waals surface area contributed by atoms with Gasteiger partial charge in [-0.05, 0) is 26.0 Å². The Morgan fingerprint density at radius 2 is 2.19 bits per heavy atom. The Labute approximate surface area is 127 Å². The van der Waals surface area contributed by atoms with Crippen LogP contribution < -0.4 is 10.5 Å². The van der Waals surface area contributed by atoms with Gasteiger partial charge in [-0.3, -0.25) is 5.10 Å². The number of hydrogen-bond donors (Lipinski definition) is 3. The molecule has 6 nitrogen and oxygen atoms in total. The maximum Gasteiger partial charge on any atom is 0.244 e. The number of thiophene rings is 1. The number of nitrogens with one attached hydrogen (secondary N) is 2. The van der Waals surface area contributed by atoms with Gasteiger partial charge in [0.15, 0.2) is 0 Å². The van der Waals surface area contributed by atoms with E-state index in [1.807, 2.05) is 12.1 Å². The summed E-state index contributed by atoms with van der Waals surface area (Å²) in [6, 6.07) is 3.70. The molecule has 0 atom stereocenters. The Morgan fingerprint density at radius 1 is 1.43 bits per heavy atom. The summed E-state index contributed by atoms with van der Waals surface area (Å²) in [5.74, 6) is 5.68. The molecule has 0 aliphatic carbocycles. The van der Waals surface area contributed by atoms with Crippen molar-refractivity contribution in [2.75, 3.05) is 6.54 Å². The van der Waals surface area contributed by atoms with Gasteiger partial charge in [0.2, 0.25) is 10.0 Å². The Hall–Kier alpha value is -1.66. The normalized spacial score (nSPS) is 11.2. The van der Waals surface area contributed by atoms with Crippen LogP contribution in [0.25, 0.3) is 0 Å². The van der Waals surface area contributed by atoms with E-state index in [0.29, 0.717) is 17.9 Å². The zero-order valence-corrected chi connectivity index (χ0v) is 13.4. The molecule has 2 heterocycles. The topological polar surface area (TPSA) is 101 Å². The molecule has 0 aliphatic heterocycles. The molecule has 0 radical (unpaired) electrons. The van der Waals surface area contributed by atoms with Gasteiger partial charge in [0, 0.05) is 11.4 Å². The van der Waals surface area contributed by atoms with Crippen molar-refractivity contribution in [2.45, 2.75) is 25.3 Å². The second kappa shape index (κ2) is 6.41. The van der Waals surface area contributed by atoms with Crippen LogP contribution in [0.1, 0.15) is 21.1 Å². The van der Waals surface area contributed by atoms with E-state index in [0.717, 1.165) is 9.75 Å². The number of rotatable bonds is 4. The summed E-state index contributed by atoms with van der Waals surface area (Å²) < 4.78 is 27.1. The molecule has 0 aliphatic rings. The Kier molecular flexibility index (Phi) is 4.80. The number of nitrogens with zero attached hydrogens (tertiary/aromatic N) is 1. The minimum absolute atomic E-state index is 0.210. The third-order valence-electron chi connectivity index (χ3n) is 2.74. The fraction of sp³-hybridized carbons (Fsp3) is 0.308. The Morgan fingerprint density at radius 3 is 2.81 bits per heavy atom. The van der Waals surface area contributed by atoms with E-state index in [1.165, 1.54) is 11.3 Å². The van der Waals surface area contributed by atoms with Gasteiger partial charge in [-0.2, -0.15) is 5.10 Å². The molecule has 0 fully saturated rings. The molecule has 0 spiro atoms. The lowest BCUT2D eigenvalue weighted by molar-refractivity contribution is 0.580. The molecule has 112 valence electrons. The van der Waals surface area contributed by atoms with E-state index >= 15 is 0 Å². The van der Waals surface area contributed by atoms with Crippen molar-refractivity contribution in [3.8, 4) is 11.8 Å². The summed E-state index contributed by atoms with van der Waals surface area (Å²) in [4.78, 5) is 1.96. The molecule has 4 N–H and O–H groups in total. The summed E-state index contributed by atoms with van der Waals surface area (Å²) >= 11 is 1.44. The second-order valence-electron chi connectivity index (χ2n) is 4.36. The molecule has 0 saturated heterocycles. The van der Waals surface area contributed by atoms with Gasteiger partial charge in [0.1, 0.15) is 4.90 Å². The number of aryl methyl sites for hydroxylation is 2. The first-order chi connectivity index (χ1) is 9.94. The van der Waals surface area contributed by atoms with Crippen molar-refractivity contribution in [3.05, 3.63) is 33.3 Å². The van der Waals surface area contributed by atoms with Gasteiger partial charge >= 0.3 is 0 Å². The number of nitrogens with two attached hydrogens (primary N) is 1. The molecule has 0 aromatic carbocycles. The number of aromatic amines is 1. The van der Waals surface area contributed by atoms with Crippen LogP contribution in [-0.2, 0) is 16.6 Å². The van der Waals surface area contributed by atoms with Crippen molar-refractivity contribution in [3.63, 3.8) is 0 Å². The van der Waals surface area contributed by atoms with Crippen molar-refractivity contribution >= 4 is 21.4 Å². The zero-order valence-electron chi connectivity index (χ0n) is 11.7. The number of aromatic nitrogens is 2. The van der Waals surface area contributed by atoms with Gasteiger partial charge in [-0.1, -0.05) is 11.8 Å². The molecule has 0 amide bonds. The monoisotopic (exact) mass is 324 g/mol. The standard InChI is InChI=1S/C13H16N4O2S2/c1-9-13(10(2)17-16-9)21(18,19)15-8-12-6-5-11(20-12)4-3-7-14/h5-6,15H,7-8,14H2,1-2H3,(H,16,17). The van der Waals surface area contributed by atoms with Gasteiger partial charge in [0.05, 0.1) is 22.8 Å². The number of hydrogen-bond acceptors (Lipinski definition) is 5. The summed E-state index contributed by atoms with van der Waals surface area (Å²) in [5, 5.41) is 6.58. The second-order valence-corrected chi connectivity index (χ2v) is 7.23. The summed E-state index contributed by atoms with van der Waals surface area (Å²) in [5.41, 5.74) is 6.30. The minimum Gasteiger partial charge on any atom is -0.320 e. The van der Waals surface area contributed by atoms with Crippen molar-refractivity contribution in [1.82, 2.24) is 14.9 Å². The number of sulfonamides is 1. The predicted molar refractivity (Wildman–Crippen MR) is 82.3 cm³/mol. The van der Waals surface area contributed by atoms with E-state index in [-0.39, 0.29) is 11.4 Å². The quantitative estimate of drug-likeness (QED) is 0.727. The van der Waals surface area contributed by atoms with Gasteiger partial charge in [-0.25, -0.2) is 13.1 Å². The van der Waals surface area contributed by atoms with E-state index in [2.05, 4.69) is 26.8 Å². The first kappa shape index (κ1) is 15.7. The lowest BCUT2D eigenvalue weighted by atomic mass is 10.4. The smallest absolute Gasteiger partial charge is 0.244 e. The minimum atomic E-state index is -3.58. The largest absolute Gasteiger partial charge is 0.320 e. The highest BCUT2D eigenvalue weighted by Gasteiger charge is 2.21. The first-order valence-corrected chi connectivity index (χ1v) is 8.53. The average molecular weight is 324 g/mol. The van der Waals surface area contributed by atoms with Crippen LogP contribution in [0.2, 0.25) is 0 Å². The predicted octanol–water partition coefficient (Wildman–Crippen LogP) is 0.877. The lowest BCUT2D eigenvalue weighted by Gasteiger charge is -2.05. The Balaban J connectivity index is 2.11. The van der Waals surface area contributed by atoms with Crippen LogP contribution in [0.3, 0.4) is 0 Å². The van der Waals surface area contributed by atoms with Gasteiger partial charge in [-0.15, -0.1) is 11.3 Å². The molecule has 2 rings (SSSR count). The van der Waals surface area contributed by atoms with Crippen LogP contribution in [-0.4, -0.2) is 25.2 Å². The molecular weight excluding hydrogens is 308 g/mol. The average Bonchev–Trinajstić information content (AvgIpc) is 3.01. The maximum absolute atomic E-state index is 12.3. The van der Waals surface area contributed by atoms with Crippen LogP contribution in [0.4, 0.5) is 0 Å². The van der Waals surface area contributed by atoms with Crippen molar-refractivity contribution in [2.24, 2.45) is 5.73 Å². The maximum atomic E-state index is 12.3. The third kappa shape index (κ3) is 3.71. The van der Waals surface area contributed by atoms with Gasteiger partial charge < -0.3 is 5.73 Å². The number of H-pyrrole nitrogens is 1. The molecule has 0 saturated carbocycles. The van der Waals surface area contributed by atoms with E-state index in [1.54, 1.807) is 13.8 Å². The van der Waals surface area contributed by atoms with Gasteiger partial charge in [0.25, 0.3) is 0 Å². The molecule has 0 unspecified atom stereocenters. The van der Waals surface area contributed by atoms with Crippen LogP contribution in [0.5, 0.6) is 0 Å². The SMILES string of the molecule is Cc1n[nH]c(C)c1S(=O)(=O)NCc1ccc(C#CCN)s1. The van der Waals surface area contributed by atoms with E-state index in [4.69, 9.17) is 5.73 Å². The van der Waals surface area contributed by atoms with Crippen LogP contribution >= 0.6 is 11.3 Å². The summed E-state index contributed by atoms with van der Waals surface area (Å²) in [6.07, 6.45) is 0. The molecule has 8 heteroatoms. The highest BCUT2D eigenvalue weighted by Crippen LogP contribution is 2.19. The highest BCUT2D eigenvalue weighted by atomic mass is 32.2. The molecule has 2 aromatic heterocycles. The lowest BCUT2D eigenvalue weighted by Crippen LogP contribution is -2.23. The molecule has 2 aromatic rings. The fourth-order valence-electron chi connectivity index (χ4n) is 1.85. The zero-order chi connectivity index (χ0) is 15.5. The van der Waals surface area contributed by atoms with Crippen LogP contribution in [0.15, 0.2) is 17.0 Å². The van der Waals surface area contributed by atoms with Crippen molar-refractivity contribution < 1.29 is 8.42 Å². The Bertz CT molecular complexity index is 774. The fourth-order valence-corrected chi connectivity index (χ4v) is 4.14. The highest BCUT2D eigenvalue weighted by molar-refractivity contribution is 7.89. The molecular formula is C13H16N4O2S2.